The molecule has 2 aromatic carbocycles. The van der Waals surface area contributed by atoms with Gasteiger partial charge in [0, 0.05) is 6.07 Å². The standard InChI is InChI=1S/C21H23NO7/c1-5-18(29-15-8-6-7-14(12-15)26-2)19(23)22-17-11-13(20(24)27-3)9-10-16(17)21(25)28-4/h6-12,18H,5H2,1-4H3,(H,22,23)/t18-/m1/s1. The van der Waals surface area contributed by atoms with E-state index >= 15 is 0 Å². The first-order valence-electron chi connectivity index (χ1n) is 8.85. The van der Waals surface area contributed by atoms with Crippen LogP contribution in [0.4, 0.5) is 5.69 Å². The number of ether oxygens (including phenoxy) is 4. The van der Waals surface area contributed by atoms with Gasteiger partial charge >= 0.3 is 11.9 Å². The highest BCUT2D eigenvalue weighted by Gasteiger charge is 2.23. The first-order chi connectivity index (χ1) is 13.9. The van der Waals surface area contributed by atoms with E-state index in [1.165, 1.54) is 39.5 Å². The number of hydrogen-bond donors (Lipinski definition) is 1. The minimum atomic E-state index is -0.839. The molecule has 0 aliphatic heterocycles. The second-order valence-electron chi connectivity index (χ2n) is 5.93. The lowest BCUT2D eigenvalue weighted by Gasteiger charge is -2.19. The summed E-state index contributed by atoms with van der Waals surface area (Å²) in [5, 5.41) is 2.64. The van der Waals surface area contributed by atoms with Gasteiger partial charge in [-0.3, -0.25) is 4.79 Å². The Hall–Kier alpha value is -3.55. The molecule has 1 amide bonds. The lowest BCUT2D eigenvalue weighted by atomic mass is 10.1. The zero-order valence-electron chi connectivity index (χ0n) is 16.7. The van der Waals surface area contributed by atoms with E-state index in [0.717, 1.165) is 0 Å². The predicted octanol–water partition coefficient (Wildman–Crippen LogP) is 3.06. The van der Waals surface area contributed by atoms with Gasteiger partial charge in [0.25, 0.3) is 5.91 Å². The van der Waals surface area contributed by atoms with E-state index in [9.17, 15) is 14.4 Å². The van der Waals surface area contributed by atoms with Crippen LogP contribution in [0.25, 0.3) is 0 Å². The number of hydrogen-bond acceptors (Lipinski definition) is 7. The predicted molar refractivity (Wildman–Crippen MR) is 105 cm³/mol. The summed E-state index contributed by atoms with van der Waals surface area (Å²) in [6.45, 7) is 1.79. The van der Waals surface area contributed by atoms with Crippen molar-refractivity contribution in [3.63, 3.8) is 0 Å². The fraction of sp³-hybridized carbons (Fsp3) is 0.286. The van der Waals surface area contributed by atoms with Crippen molar-refractivity contribution in [3.05, 3.63) is 53.6 Å². The Balaban J connectivity index is 2.27. The number of benzene rings is 2. The quantitative estimate of drug-likeness (QED) is 0.679. The summed E-state index contributed by atoms with van der Waals surface area (Å²) in [6.07, 6.45) is -0.470. The van der Waals surface area contributed by atoms with E-state index in [0.29, 0.717) is 17.9 Å². The smallest absolute Gasteiger partial charge is 0.339 e. The van der Waals surface area contributed by atoms with Crippen molar-refractivity contribution in [2.75, 3.05) is 26.6 Å². The number of esters is 2. The average Bonchev–Trinajstić information content (AvgIpc) is 2.76. The molecule has 0 spiro atoms. The third-order valence-electron chi connectivity index (χ3n) is 4.09. The van der Waals surface area contributed by atoms with E-state index < -0.39 is 23.9 Å². The molecule has 0 saturated carbocycles. The number of carbonyl (C=O) groups excluding carboxylic acids is 3. The molecule has 29 heavy (non-hydrogen) atoms. The monoisotopic (exact) mass is 401 g/mol. The third kappa shape index (κ3) is 5.47. The summed E-state index contributed by atoms with van der Waals surface area (Å²) >= 11 is 0. The van der Waals surface area contributed by atoms with E-state index in [1.807, 2.05) is 0 Å². The van der Waals surface area contributed by atoms with Gasteiger partial charge in [-0.15, -0.1) is 0 Å². The van der Waals surface area contributed by atoms with Crippen molar-refractivity contribution in [1.29, 1.82) is 0 Å². The Kier molecular flexibility index (Phi) is 7.59. The van der Waals surface area contributed by atoms with Gasteiger partial charge in [-0.1, -0.05) is 13.0 Å². The Morgan fingerprint density at radius 3 is 2.24 bits per heavy atom. The summed E-state index contributed by atoms with van der Waals surface area (Å²) < 4.78 is 20.3. The van der Waals surface area contributed by atoms with E-state index in [-0.39, 0.29) is 16.8 Å². The number of methoxy groups -OCH3 is 3. The minimum absolute atomic E-state index is 0.102. The van der Waals surface area contributed by atoms with Gasteiger partial charge in [0.1, 0.15) is 11.5 Å². The SMILES string of the molecule is CC[C@@H](Oc1cccc(OC)c1)C(=O)Nc1cc(C(=O)OC)ccc1C(=O)OC. The summed E-state index contributed by atoms with van der Waals surface area (Å²) in [5.74, 6) is -0.683. The maximum absolute atomic E-state index is 12.8. The van der Waals surface area contributed by atoms with E-state index in [1.54, 1.807) is 31.2 Å². The average molecular weight is 401 g/mol. The van der Waals surface area contributed by atoms with Crippen molar-refractivity contribution in [2.24, 2.45) is 0 Å². The molecule has 1 N–H and O–H groups in total. The van der Waals surface area contributed by atoms with Crippen LogP contribution in [0.2, 0.25) is 0 Å². The normalized spacial score (nSPS) is 11.2. The molecule has 154 valence electrons. The van der Waals surface area contributed by atoms with Gasteiger partial charge in [0.2, 0.25) is 0 Å². The van der Waals surface area contributed by atoms with E-state index in [2.05, 4.69) is 10.1 Å². The van der Waals surface area contributed by atoms with Crippen LogP contribution in [-0.2, 0) is 14.3 Å². The lowest BCUT2D eigenvalue weighted by molar-refractivity contribution is -0.122. The second kappa shape index (κ2) is 10.1. The van der Waals surface area contributed by atoms with Gasteiger partial charge in [-0.05, 0) is 36.8 Å². The highest BCUT2D eigenvalue weighted by molar-refractivity contribution is 6.04. The Morgan fingerprint density at radius 1 is 0.931 bits per heavy atom. The Labute approximate surface area is 168 Å². The number of rotatable bonds is 8. The maximum Gasteiger partial charge on any atom is 0.339 e. The Morgan fingerprint density at radius 2 is 1.62 bits per heavy atom. The molecule has 0 aliphatic rings. The molecule has 0 heterocycles. The molecule has 0 saturated heterocycles. The number of nitrogens with one attached hydrogen (secondary N) is 1. The highest BCUT2D eigenvalue weighted by Crippen LogP contribution is 2.23. The molecule has 0 aliphatic carbocycles. The van der Waals surface area contributed by atoms with Crippen LogP contribution in [0.15, 0.2) is 42.5 Å². The van der Waals surface area contributed by atoms with Crippen LogP contribution in [-0.4, -0.2) is 45.3 Å². The van der Waals surface area contributed by atoms with Gasteiger partial charge in [0.15, 0.2) is 6.10 Å². The molecular formula is C21H23NO7. The van der Waals surface area contributed by atoms with Crippen molar-refractivity contribution in [2.45, 2.75) is 19.4 Å². The van der Waals surface area contributed by atoms with Gasteiger partial charge in [-0.2, -0.15) is 0 Å². The van der Waals surface area contributed by atoms with Crippen molar-refractivity contribution < 1.29 is 33.3 Å². The first-order valence-corrected chi connectivity index (χ1v) is 8.85. The van der Waals surface area contributed by atoms with Crippen LogP contribution in [0.5, 0.6) is 11.5 Å². The van der Waals surface area contributed by atoms with Crippen molar-refractivity contribution in [1.82, 2.24) is 0 Å². The second-order valence-corrected chi connectivity index (χ2v) is 5.93. The first kappa shape index (κ1) is 21.7. The fourth-order valence-corrected chi connectivity index (χ4v) is 2.55. The topological polar surface area (TPSA) is 100 Å². The zero-order chi connectivity index (χ0) is 21.4. The largest absolute Gasteiger partial charge is 0.497 e. The van der Waals surface area contributed by atoms with Crippen molar-refractivity contribution >= 4 is 23.5 Å². The van der Waals surface area contributed by atoms with Crippen LogP contribution in [0, 0.1) is 0 Å². The molecule has 0 fully saturated rings. The molecule has 1 atom stereocenters. The molecule has 2 rings (SSSR count). The van der Waals surface area contributed by atoms with Crippen LogP contribution >= 0.6 is 0 Å². The van der Waals surface area contributed by atoms with Crippen LogP contribution in [0.3, 0.4) is 0 Å². The number of anilines is 1. The molecule has 0 aromatic heterocycles. The lowest BCUT2D eigenvalue weighted by Crippen LogP contribution is -2.33. The van der Waals surface area contributed by atoms with E-state index in [4.69, 9.17) is 14.2 Å². The van der Waals surface area contributed by atoms with Crippen LogP contribution < -0.4 is 14.8 Å². The zero-order valence-corrected chi connectivity index (χ0v) is 16.7. The molecule has 0 unspecified atom stereocenters. The molecule has 8 heteroatoms. The summed E-state index contributed by atoms with van der Waals surface area (Å²) in [6, 6.07) is 11.0. The van der Waals surface area contributed by atoms with Gasteiger partial charge < -0.3 is 24.3 Å². The minimum Gasteiger partial charge on any atom is -0.497 e. The molecule has 0 bridgehead atoms. The Bertz CT molecular complexity index is 894. The maximum atomic E-state index is 12.8. The van der Waals surface area contributed by atoms with Gasteiger partial charge in [-0.25, -0.2) is 9.59 Å². The summed E-state index contributed by atoms with van der Waals surface area (Å²) in [7, 11) is 4.00. The molecule has 0 radical (unpaired) electrons. The molecule has 2 aromatic rings. The highest BCUT2D eigenvalue weighted by atomic mass is 16.5. The van der Waals surface area contributed by atoms with Crippen molar-refractivity contribution in [3.8, 4) is 11.5 Å². The molecular weight excluding hydrogens is 378 g/mol. The fourth-order valence-electron chi connectivity index (χ4n) is 2.55. The van der Waals surface area contributed by atoms with Gasteiger partial charge in [0.05, 0.1) is 38.1 Å². The number of carbonyl (C=O) groups is 3. The van der Waals surface area contributed by atoms with Crippen LogP contribution in [0.1, 0.15) is 34.1 Å². The number of amides is 1. The summed E-state index contributed by atoms with van der Waals surface area (Å²) in [5.41, 5.74) is 0.402. The third-order valence-corrected chi connectivity index (χ3v) is 4.09. The summed E-state index contributed by atoms with van der Waals surface area (Å²) in [4.78, 5) is 36.6. The molecule has 8 nitrogen and oxygen atoms in total.